The standard InChI is InChI=1S/C16H15F3N2O6S2/c1-8(7-22)14(24)21-15-11(13(20)23)6-12(28-15)29(25,26)10-4-2-9(3-5-10)27-16(17,18)19/h2-6,8,22H,7H2,1H3,(H2,20,23)(H,21,24)/t8-/m1/s1. The van der Waals surface area contributed by atoms with Gasteiger partial charge in [0.1, 0.15) is 15.0 Å². The molecule has 2 amide bonds. The van der Waals surface area contributed by atoms with Crippen molar-refractivity contribution in [1.29, 1.82) is 0 Å². The number of sulfone groups is 1. The van der Waals surface area contributed by atoms with Gasteiger partial charge in [0.15, 0.2) is 0 Å². The van der Waals surface area contributed by atoms with Crippen LogP contribution in [-0.4, -0.2) is 38.3 Å². The lowest BCUT2D eigenvalue weighted by molar-refractivity contribution is -0.274. The molecule has 1 aromatic carbocycles. The van der Waals surface area contributed by atoms with Crippen LogP contribution in [0.2, 0.25) is 0 Å². The minimum atomic E-state index is -4.93. The summed E-state index contributed by atoms with van der Waals surface area (Å²) >= 11 is 0.546. The van der Waals surface area contributed by atoms with Crippen LogP contribution in [0.3, 0.4) is 0 Å². The average Bonchev–Trinajstić information content (AvgIpc) is 3.05. The summed E-state index contributed by atoms with van der Waals surface area (Å²) in [5, 5.41) is 11.2. The van der Waals surface area contributed by atoms with Crippen molar-refractivity contribution in [3.05, 3.63) is 35.9 Å². The summed E-state index contributed by atoms with van der Waals surface area (Å²) in [6, 6.07) is 4.43. The van der Waals surface area contributed by atoms with Crippen molar-refractivity contribution < 1.29 is 41.0 Å². The van der Waals surface area contributed by atoms with E-state index >= 15 is 0 Å². The molecular weight excluding hydrogens is 437 g/mol. The minimum Gasteiger partial charge on any atom is -0.406 e. The molecule has 0 aliphatic carbocycles. The number of hydrogen-bond acceptors (Lipinski definition) is 7. The molecule has 8 nitrogen and oxygen atoms in total. The number of primary amides is 1. The second-order valence-corrected chi connectivity index (χ2v) is 9.00. The predicted molar refractivity (Wildman–Crippen MR) is 96.3 cm³/mol. The van der Waals surface area contributed by atoms with Gasteiger partial charge in [-0.3, -0.25) is 9.59 Å². The number of nitrogens with two attached hydrogens (primary N) is 1. The minimum absolute atomic E-state index is 0.126. The zero-order valence-electron chi connectivity index (χ0n) is 14.7. The maximum Gasteiger partial charge on any atom is 0.573 e. The SMILES string of the molecule is C[C@H](CO)C(=O)Nc1sc(S(=O)(=O)c2ccc(OC(F)(F)F)cc2)cc1C(N)=O. The van der Waals surface area contributed by atoms with Crippen molar-refractivity contribution in [1.82, 2.24) is 0 Å². The van der Waals surface area contributed by atoms with Crippen molar-refractivity contribution in [3.63, 3.8) is 0 Å². The Balaban J connectivity index is 2.38. The van der Waals surface area contributed by atoms with Gasteiger partial charge in [-0.15, -0.1) is 24.5 Å². The summed E-state index contributed by atoms with van der Waals surface area (Å²) in [6.07, 6.45) is -4.93. The van der Waals surface area contributed by atoms with E-state index in [4.69, 9.17) is 10.8 Å². The van der Waals surface area contributed by atoms with E-state index in [1.807, 2.05) is 0 Å². The molecule has 1 aromatic heterocycles. The van der Waals surface area contributed by atoms with Crippen LogP contribution in [0.1, 0.15) is 17.3 Å². The predicted octanol–water partition coefficient (Wildman–Crippen LogP) is 2.15. The van der Waals surface area contributed by atoms with E-state index in [0.717, 1.165) is 30.3 Å². The zero-order chi connectivity index (χ0) is 22.0. The van der Waals surface area contributed by atoms with Crippen molar-refractivity contribution in [3.8, 4) is 5.75 Å². The van der Waals surface area contributed by atoms with Crippen molar-refractivity contribution in [2.75, 3.05) is 11.9 Å². The lowest BCUT2D eigenvalue weighted by Gasteiger charge is -2.09. The highest BCUT2D eigenvalue weighted by Gasteiger charge is 2.31. The number of nitrogens with one attached hydrogen (secondary N) is 1. The van der Waals surface area contributed by atoms with E-state index in [9.17, 15) is 31.2 Å². The molecule has 0 bridgehead atoms. The first-order valence-electron chi connectivity index (χ1n) is 7.81. The van der Waals surface area contributed by atoms with E-state index < -0.39 is 46.3 Å². The summed E-state index contributed by atoms with van der Waals surface area (Å²) < 4.78 is 65.5. The number of carbonyl (C=O) groups excluding carboxylic acids is 2. The Morgan fingerprint density at radius 2 is 1.86 bits per heavy atom. The molecule has 0 saturated heterocycles. The van der Waals surface area contributed by atoms with Crippen LogP contribution in [0, 0.1) is 5.92 Å². The van der Waals surface area contributed by atoms with Crippen LogP contribution in [-0.2, 0) is 14.6 Å². The van der Waals surface area contributed by atoms with Crippen molar-refractivity contribution in [2.24, 2.45) is 11.7 Å². The first-order valence-corrected chi connectivity index (χ1v) is 10.1. The molecule has 0 aliphatic rings. The number of hydrogen-bond donors (Lipinski definition) is 3. The molecular formula is C16H15F3N2O6S2. The lowest BCUT2D eigenvalue weighted by Crippen LogP contribution is -2.24. The van der Waals surface area contributed by atoms with Gasteiger partial charge in [0.25, 0.3) is 5.91 Å². The molecule has 0 saturated carbocycles. The van der Waals surface area contributed by atoms with Gasteiger partial charge in [0.2, 0.25) is 15.7 Å². The highest BCUT2D eigenvalue weighted by Crippen LogP contribution is 2.35. The number of halogens is 3. The Bertz CT molecular complexity index is 1020. The molecule has 0 unspecified atom stereocenters. The van der Waals surface area contributed by atoms with Gasteiger partial charge in [0, 0.05) is 0 Å². The molecule has 0 spiro atoms. The number of benzene rings is 1. The molecule has 0 fully saturated rings. The normalized spacial score (nSPS) is 13.0. The summed E-state index contributed by atoms with van der Waals surface area (Å²) in [7, 11) is -4.22. The van der Waals surface area contributed by atoms with E-state index in [1.165, 1.54) is 6.92 Å². The van der Waals surface area contributed by atoms with Crippen LogP contribution in [0.15, 0.2) is 39.4 Å². The number of anilines is 1. The molecule has 13 heteroatoms. The quantitative estimate of drug-likeness (QED) is 0.589. The monoisotopic (exact) mass is 452 g/mol. The van der Waals surface area contributed by atoms with Gasteiger partial charge < -0.3 is 20.9 Å². The maximum absolute atomic E-state index is 12.7. The van der Waals surface area contributed by atoms with E-state index in [-0.39, 0.29) is 19.7 Å². The zero-order valence-corrected chi connectivity index (χ0v) is 16.3. The fourth-order valence-corrected chi connectivity index (χ4v) is 4.81. The smallest absolute Gasteiger partial charge is 0.406 e. The van der Waals surface area contributed by atoms with Gasteiger partial charge in [0.05, 0.1) is 23.0 Å². The highest BCUT2D eigenvalue weighted by atomic mass is 32.2. The molecule has 158 valence electrons. The number of rotatable bonds is 7. The van der Waals surface area contributed by atoms with Crippen LogP contribution in [0.25, 0.3) is 0 Å². The summed E-state index contributed by atoms with van der Waals surface area (Å²) in [4.78, 5) is 23.2. The largest absolute Gasteiger partial charge is 0.573 e. The van der Waals surface area contributed by atoms with Gasteiger partial charge in [-0.05, 0) is 30.3 Å². The van der Waals surface area contributed by atoms with Gasteiger partial charge in [-0.1, -0.05) is 6.92 Å². The Labute approximate surface area is 167 Å². The third kappa shape index (κ3) is 5.46. The van der Waals surface area contributed by atoms with Crippen molar-refractivity contribution >= 4 is 38.0 Å². The Hall–Kier alpha value is -2.64. The third-order valence-electron chi connectivity index (χ3n) is 3.57. The van der Waals surface area contributed by atoms with Crippen molar-refractivity contribution in [2.45, 2.75) is 22.4 Å². The number of amides is 2. The number of aliphatic hydroxyl groups excluding tert-OH is 1. The number of alkyl halides is 3. The number of thiophene rings is 1. The molecule has 2 rings (SSSR count). The molecule has 29 heavy (non-hydrogen) atoms. The Kier molecular flexibility index (Phi) is 6.55. The van der Waals surface area contributed by atoms with Crippen LogP contribution in [0.5, 0.6) is 5.75 Å². The molecule has 1 heterocycles. The Morgan fingerprint density at radius 3 is 2.34 bits per heavy atom. The lowest BCUT2D eigenvalue weighted by atomic mass is 10.2. The summed E-state index contributed by atoms with van der Waals surface area (Å²) in [6.45, 7) is 0.940. The highest BCUT2D eigenvalue weighted by molar-refractivity contribution is 7.93. The Morgan fingerprint density at radius 1 is 1.28 bits per heavy atom. The number of aliphatic hydroxyl groups is 1. The second kappa shape index (κ2) is 8.39. The molecule has 2 aromatic rings. The molecule has 4 N–H and O–H groups in total. The van der Waals surface area contributed by atoms with Gasteiger partial charge in [-0.25, -0.2) is 8.42 Å². The first-order chi connectivity index (χ1) is 13.3. The van der Waals surface area contributed by atoms with E-state index in [2.05, 4.69) is 10.1 Å². The van der Waals surface area contributed by atoms with E-state index in [1.54, 1.807) is 0 Å². The molecule has 0 radical (unpaired) electrons. The molecule has 0 aliphatic heterocycles. The fourth-order valence-electron chi connectivity index (χ4n) is 2.03. The third-order valence-corrected chi connectivity index (χ3v) is 6.86. The summed E-state index contributed by atoms with van der Waals surface area (Å²) in [5.41, 5.74) is 4.96. The number of ether oxygens (including phenoxy) is 1. The summed E-state index contributed by atoms with van der Waals surface area (Å²) in [5.74, 6) is -3.08. The average molecular weight is 452 g/mol. The first kappa shape index (κ1) is 22.6. The van der Waals surface area contributed by atoms with E-state index in [0.29, 0.717) is 11.3 Å². The van der Waals surface area contributed by atoms with Crippen LogP contribution < -0.4 is 15.8 Å². The van der Waals surface area contributed by atoms with Crippen LogP contribution >= 0.6 is 11.3 Å². The maximum atomic E-state index is 12.7. The van der Waals surface area contributed by atoms with Gasteiger partial charge in [-0.2, -0.15) is 0 Å². The second-order valence-electron chi connectivity index (χ2n) is 5.77. The van der Waals surface area contributed by atoms with Gasteiger partial charge >= 0.3 is 6.36 Å². The number of carbonyl (C=O) groups is 2. The topological polar surface area (TPSA) is 136 Å². The van der Waals surface area contributed by atoms with Crippen LogP contribution in [0.4, 0.5) is 18.2 Å². The molecule has 1 atom stereocenters. The fraction of sp³-hybridized carbons (Fsp3) is 0.250.